The first-order valence-corrected chi connectivity index (χ1v) is 4.03. The molecule has 0 aliphatic heterocycles. The van der Waals surface area contributed by atoms with E-state index in [2.05, 4.69) is 6.92 Å². The standard InChI is InChI=1S/C10H15NO/c1-6-4-8(3)9(10(11)12)5-7(6)2/h4-5,10,12H,11H2,1-3H3. The summed E-state index contributed by atoms with van der Waals surface area (Å²) < 4.78 is 0. The zero-order valence-electron chi connectivity index (χ0n) is 7.76. The fourth-order valence-electron chi connectivity index (χ4n) is 1.30. The Kier molecular flexibility index (Phi) is 2.50. The largest absolute Gasteiger partial charge is 0.375 e. The van der Waals surface area contributed by atoms with E-state index in [1.165, 1.54) is 11.1 Å². The van der Waals surface area contributed by atoms with Gasteiger partial charge in [-0.3, -0.25) is 0 Å². The lowest BCUT2D eigenvalue weighted by molar-refractivity contribution is 0.185. The minimum atomic E-state index is -0.857. The lowest BCUT2D eigenvalue weighted by Crippen LogP contribution is -2.10. The third kappa shape index (κ3) is 1.65. The minimum absolute atomic E-state index is 0.818. The van der Waals surface area contributed by atoms with Crippen molar-refractivity contribution in [1.82, 2.24) is 0 Å². The third-order valence-electron chi connectivity index (χ3n) is 2.20. The van der Waals surface area contributed by atoms with Crippen LogP contribution in [0.4, 0.5) is 0 Å². The highest BCUT2D eigenvalue weighted by Crippen LogP contribution is 2.18. The minimum Gasteiger partial charge on any atom is -0.375 e. The summed E-state index contributed by atoms with van der Waals surface area (Å²) in [6.45, 7) is 6.02. The first kappa shape index (κ1) is 9.23. The van der Waals surface area contributed by atoms with Crippen LogP contribution in [0.1, 0.15) is 28.5 Å². The van der Waals surface area contributed by atoms with Crippen LogP contribution in [0.5, 0.6) is 0 Å². The van der Waals surface area contributed by atoms with Crippen LogP contribution in [0.15, 0.2) is 12.1 Å². The zero-order valence-corrected chi connectivity index (χ0v) is 7.76. The zero-order chi connectivity index (χ0) is 9.30. The van der Waals surface area contributed by atoms with Gasteiger partial charge >= 0.3 is 0 Å². The Labute approximate surface area is 73.0 Å². The van der Waals surface area contributed by atoms with Crippen molar-refractivity contribution in [3.63, 3.8) is 0 Å². The average Bonchev–Trinajstić information content (AvgIpc) is 1.96. The van der Waals surface area contributed by atoms with Crippen molar-refractivity contribution in [2.24, 2.45) is 5.73 Å². The van der Waals surface area contributed by atoms with Gasteiger partial charge in [-0.2, -0.15) is 0 Å². The molecule has 1 rings (SSSR count). The summed E-state index contributed by atoms with van der Waals surface area (Å²) in [4.78, 5) is 0. The molecule has 0 aliphatic rings. The molecule has 0 aromatic heterocycles. The Morgan fingerprint density at radius 3 is 2.08 bits per heavy atom. The lowest BCUT2D eigenvalue weighted by Gasteiger charge is -2.11. The second-order valence-corrected chi connectivity index (χ2v) is 3.24. The number of hydrogen-bond acceptors (Lipinski definition) is 2. The van der Waals surface area contributed by atoms with Crippen LogP contribution in [0.3, 0.4) is 0 Å². The van der Waals surface area contributed by atoms with E-state index in [0.29, 0.717) is 0 Å². The molecular weight excluding hydrogens is 150 g/mol. The highest BCUT2D eigenvalue weighted by Gasteiger charge is 2.06. The Balaban J connectivity index is 3.23. The van der Waals surface area contributed by atoms with E-state index in [4.69, 9.17) is 5.73 Å². The molecule has 1 aromatic carbocycles. The number of hydrogen-bond donors (Lipinski definition) is 2. The maximum Gasteiger partial charge on any atom is 0.128 e. The first-order chi connectivity index (χ1) is 5.52. The van der Waals surface area contributed by atoms with Gasteiger partial charge < -0.3 is 10.8 Å². The summed E-state index contributed by atoms with van der Waals surface area (Å²) in [7, 11) is 0. The van der Waals surface area contributed by atoms with Gasteiger partial charge in [-0.25, -0.2) is 0 Å². The second-order valence-electron chi connectivity index (χ2n) is 3.24. The van der Waals surface area contributed by atoms with Crippen LogP contribution < -0.4 is 5.73 Å². The van der Waals surface area contributed by atoms with Crippen LogP contribution in [-0.2, 0) is 0 Å². The summed E-state index contributed by atoms with van der Waals surface area (Å²) in [5, 5.41) is 9.20. The molecule has 0 bridgehead atoms. The van der Waals surface area contributed by atoms with Crippen LogP contribution in [0.25, 0.3) is 0 Å². The predicted molar refractivity (Wildman–Crippen MR) is 49.8 cm³/mol. The number of rotatable bonds is 1. The Morgan fingerprint density at radius 2 is 1.58 bits per heavy atom. The molecule has 0 heterocycles. The van der Waals surface area contributed by atoms with Crippen LogP contribution >= 0.6 is 0 Å². The second kappa shape index (κ2) is 3.25. The van der Waals surface area contributed by atoms with Crippen molar-refractivity contribution in [3.8, 4) is 0 Å². The van der Waals surface area contributed by atoms with Crippen molar-refractivity contribution in [2.75, 3.05) is 0 Å². The molecule has 2 nitrogen and oxygen atoms in total. The van der Waals surface area contributed by atoms with Crippen molar-refractivity contribution in [2.45, 2.75) is 27.0 Å². The maximum atomic E-state index is 9.20. The van der Waals surface area contributed by atoms with E-state index in [1.54, 1.807) is 0 Å². The molecule has 12 heavy (non-hydrogen) atoms. The first-order valence-electron chi connectivity index (χ1n) is 4.03. The maximum absolute atomic E-state index is 9.20. The summed E-state index contributed by atoms with van der Waals surface area (Å²) in [5.41, 5.74) is 9.66. The number of nitrogens with two attached hydrogens (primary N) is 1. The van der Waals surface area contributed by atoms with Crippen LogP contribution in [0, 0.1) is 20.8 Å². The topological polar surface area (TPSA) is 46.2 Å². The fourth-order valence-corrected chi connectivity index (χ4v) is 1.30. The van der Waals surface area contributed by atoms with Crippen molar-refractivity contribution < 1.29 is 5.11 Å². The molecule has 0 aliphatic carbocycles. The number of benzene rings is 1. The van der Waals surface area contributed by atoms with Gasteiger partial charge in [0.1, 0.15) is 6.23 Å². The molecule has 3 N–H and O–H groups in total. The normalized spacial score (nSPS) is 13.1. The van der Waals surface area contributed by atoms with Gasteiger partial charge in [-0.05, 0) is 43.0 Å². The van der Waals surface area contributed by atoms with Crippen molar-refractivity contribution >= 4 is 0 Å². The number of aliphatic hydroxyl groups excluding tert-OH is 1. The highest BCUT2D eigenvalue weighted by molar-refractivity contribution is 5.37. The Hall–Kier alpha value is -0.860. The van der Waals surface area contributed by atoms with E-state index in [0.717, 1.165) is 11.1 Å². The van der Waals surface area contributed by atoms with Gasteiger partial charge in [0, 0.05) is 0 Å². The van der Waals surface area contributed by atoms with Gasteiger partial charge in [0.2, 0.25) is 0 Å². The quantitative estimate of drug-likeness (QED) is 0.620. The molecule has 1 atom stereocenters. The van der Waals surface area contributed by atoms with Gasteiger partial charge in [-0.1, -0.05) is 12.1 Å². The molecule has 0 fully saturated rings. The van der Waals surface area contributed by atoms with E-state index in [-0.39, 0.29) is 0 Å². The van der Waals surface area contributed by atoms with Crippen molar-refractivity contribution in [3.05, 3.63) is 34.4 Å². The molecule has 0 amide bonds. The average molecular weight is 165 g/mol. The highest BCUT2D eigenvalue weighted by atomic mass is 16.3. The van der Waals surface area contributed by atoms with Gasteiger partial charge in [0.05, 0.1) is 0 Å². The van der Waals surface area contributed by atoms with E-state index in [1.807, 2.05) is 26.0 Å². The predicted octanol–water partition coefficient (Wildman–Crippen LogP) is 1.56. The monoisotopic (exact) mass is 165 g/mol. The SMILES string of the molecule is Cc1cc(C)c(C(N)O)cc1C. The van der Waals surface area contributed by atoms with Crippen LogP contribution in [-0.4, -0.2) is 5.11 Å². The van der Waals surface area contributed by atoms with E-state index < -0.39 is 6.23 Å². The van der Waals surface area contributed by atoms with E-state index in [9.17, 15) is 5.11 Å². The van der Waals surface area contributed by atoms with Gasteiger partial charge in [-0.15, -0.1) is 0 Å². The Bertz CT molecular complexity index is 292. The number of aryl methyl sites for hydroxylation is 3. The number of aliphatic hydroxyl groups is 1. The molecular formula is C10H15NO. The molecule has 1 unspecified atom stereocenters. The molecule has 0 radical (unpaired) electrons. The molecule has 0 saturated heterocycles. The molecule has 1 aromatic rings. The fraction of sp³-hybridized carbons (Fsp3) is 0.400. The summed E-state index contributed by atoms with van der Waals surface area (Å²) in [6.07, 6.45) is -0.857. The van der Waals surface area contributed by atoms with Gasteiger partial charge in [0.25, 0.3) is 0 Å². The molecule has 66 valence electrons. The smallest absolute Gasteiger partial charge is 0.128 e. The molecule has 2 heteroatoms. The van der Waals surface area contributed by atoms with Gasteiger partial charge in [0.15, 0.2) is 0 Å². The van der Waals surface area contributed by atoms with Crippen LogP contribution in [0.2, 0.25) is 0 Å². The summed E-state index contributed by atoms with van der Waals surface area (Å²) in [6, 6.07) is 3.98. The summed E-state index contributed by atoms with van der Waals surface area (Å²) >= 11 is 0. The van der Waals surface area contributed by atoms with E-state index >= 15 is 0 Å². The summed E-state index contributed by atoms with van der Waals surface area (Å²) in [5.74, 6) is 0. The lowest BCUT2D eigenvalue weighted by atomic mass is 10.0. The van der Waals surface area contributed by atoms with Crippen molar-refractivity contribution in [1.29, 1.82) is 0 Å². The Morgan fingerprint density at radius 1 is 1.08 bits per heavy atom. The third-order valence-corrected chi connectivity index (χ3v) is 2.20. The molecule has 0 spiro atoms. The molecule has 0 saturated carbocycles.